The molecule has 2 atom stereocenters. The minimum absolute atomic E-state index is 0. The molecule has 134 valence electrons. The number of fused-ring (bicyclic) bond motifs is 4. The van der Waals surface area contributed by atoms with Crippen LogP contribution < -0.4 is 5.32 Å². The van der Waals surface area contributed by atoms with E-state index in [1.54, 1.807) is 0 Å². The second-order valence-corrected chi connectivity index (χ2v) is 7.69. The molecule has 1 amide bonds. The van der Waals surface area contributed by atoms with Crippen LogP contribution in [0.15, 0.2) is 0 Å². The Hall–Kier alpha value is -0.0300. The summed E-state index contributed by atoms with van der Waals surface area (Å²) in [6, 6.07) is 1.44. The van der Waals surface area contributed by atoms with E-state index in [4.69, 9.17) is 0 Å². The van der Waals surface area contributed by atoms with Gasteiger partial charge >= 0.3 is 0 Å². The third kappa shape index (κ3) is 4.15. The fourth-order valence-electron chi connectivity index (χ4n) is 4.64. The summed E-state index contributed by atoms with van der Waals surface area (Å²) in [5, 5.41) is 3.70. The molecule has 1 saturated carbocycles. The summed E-state index contributed by atoms with van der Waals surface area (Å²) < 4.78 is 0. The van der Waals surface area contributed by atoms with Gasteiger partial charge in [0.25, 0.3) is 0 Å². The van der Waals surface area contributed by atoms with E-state index in [-0.39, 0.29) is 24.8 Å². The molecule has 5 aliphatic rings. The average Bonchev–Trinajstić information content (AvgIpc) is 2.79. The highest BCUT2D eigenvalue weighted by Crippen LogP contribution is 2.31. The largest absolute Gasteiger partial charge is 0.342 e. The summed E-state index contributed by atoms with van der Waals surface area (Å²) in [5.41, 5.74) is 0. The second kappa shape index (κ2) is 8.37. The lowest BCUT2D eigenvalue weighted by molar-refractivity contribution is -0.139. The lowest BCUT2D eigenvalue weighted by Gasteiger charge is -2.40. The first-order valence-corrected chi connectivity index (χ1v) is 9.06. The molecule has 5 fully saturated rings. The molecule has 6 heteroatoms. The maximum absolute atomic E-state index is 12.3. The van der Waals surface area contributed by atoms with E-state index < -0.39 is 0 Å². The van der Waals surface area contributed by atoms with Crippen molar-refractivity contribution in [1.29, 1.82) is 0 Å². The minimum Gasteiger partial charge on any atom is -0.342 e. The normalized spacial score (nSPS) is 32.4. The van der Waals surface area contributed by atoms with Crippen LogP contribution in [0.1, 0.15) is 44.9 Å². The molecular formula is C17H31Cl2N3O. The quantitative estimate of drug-likeness (QED) is 0.817. The first-order chi connectivity index (χ1) is 10.3. The molecular weight excluding hydrogens is 333 g/mol. The number of rotatable bonds is 2. The van der Waals surface area contributed by atoms with E-state index in [2.05, 4.69) is 15.1 Å². The van der Waals surface area contributed by atoms with Crippen molar-refractivity contribution in [2.45, 2.75) is 57.0 Å². The molecule has 0 spiro atoms. The van der Waals surface area contributed by atoms with Gasteiger partial charge in [0.15, 0.2) is 0 Å². The fourth-order valence-corrected chi connectivity index (χ4v) is 4.64. The number of likely N-dealkylation sites (tertiary alicyclic amines) is 1. The zero-order valence-corrected chi connectivity index (χ0v) is 15.5. The first kappa shape index (κ1) is 19.3. The molecule has 0 radical (unpaired) electrons. The molecule has 1 N–H and O–H groups in total. The molecule has 4 nitrogen and oxygen atoms in total. The number of carbonyl (C=O) groups is 1. The number of amides is 1. The summed E-state index contributed by atoms with van der Waals surface area (Å²) in [6.45, 7) is 5.74. The van der Waals surface area contributed by atoms with E-state index in [0.29, 0.717) is 11.8 Å². The zero-order valence-electron chi connectivity index (χ0n) is 13.9. The summed E-state index contributed by atoms with van der Waals surface area (Å²) >= 11 is 0. The van der Waals surface area contributed by atoms with E-state index in [9.17, 15) is 4.79 Å². The van der Waals surface area contributed by atoms with Crippen LogP contribution in [0.25, 0.3) is 0 Å². The van der Waals surface area contributed by atoms with Gasteiger partial charge in [-0.05, 0) is 51.0 Å². The van der Waals surface area contributed by atoms with E-state index >= 15 is 0 Å². The second-order valence-electron chi connectivity index (χ2n) is 7.69. The van der Waals surface area contributed by atoms with Crippen LogP contribution in [-0.2, 0) is 4.79 Å². The Balaban J connectivity index is 0.000000960. The van der Waals surface area contributed by atoms with Gasteiger partial charge in [-0.2, -0.15) is 0 Å². The van der Waals surface area contributed by atoms with Crippen molar-refractivity contribution in [2.75, 3.05) is 32.7 Å². The van der Waals surface area contributed by atoms with Crippen molar-refractivity contribution in [3.63, 3.8) is 0 Å². The van der Waals surface area contributed by atoms with Crippen LogP contribution in [0.3, 0.4) is 0 Å². The number of halogens is 2. The standard InChI is InChI=1S/C17H29N3O.2ClH/c21-17(14-2-1-3-14)19-8-6-16(7-9-19)20-11-13-4-5-15(12-20)18-10-13;;/h13-16,18H,1-12H2;2*1H/t13-,15-;;/m0../s1. The first-order valence-electron chi connectivity index (χ1n) is 9.06. The summed E-state index contributed by atoms with van der Waals surface area (Å²) in [4.78, 5) is 17.2. The number of hydrogen-bond donors (Lipinski definition) is 1. The lowest BCUT2D eigenvalue weighted by atomic mass is 9.84. The van der Waals surface area contributed by atoms with Crippen LogP contribution in [0.4, 0.5) is 0 Å². The van der Waals surface area contributed by atoms with Gasteiger partial charge in [0.2, 0.25) is 5.91 Å². The SMILES string of the molecule is Cl.Cl.O=C(C1CCC1)N1CCC(N2C[C@H]3CC[C@@H](C2)NC3)CC1. The number of nitrogens with one attached hydrogen (secondary N) is 1. The molecule has 4 heterocycles. The highest BCUT2D eigenvalue weighted by atomic mass is 35.5. The maximum atomic E-state index is 12.3. The van der Waals surface area contributed by atoms with E-state index in [1.165, 1.54) is 51.7 Å². The topological polar surface area (TPSA) is 35.6 Å². The van der Waals surface area contributed by atoms with Crippen molar-refractivity contribution >= 4 is 30.7 Å². The zero-order chi connectivity index (χ0) is 14.2. The molecule has 23 heavy (non-hydrogen) atoms. The summed E-state index contributed by atoms with van der Waals surface area (Å²) in [5.74, 6) is 1.69. The number of hydrogen-bond acceptors (Lipinski definition) is 3. The van der Waals surface area contributed by atoms with Gasteiger partial charge in [0.05, 0.1) is 0 Å². The van der Waals surface area contributed by atoms with Crippen LogP contribution in [0.2, 0.25) is 0 Å². The Morgan fingerprint density at radius 1 is 0.913 bits per heavy atom. The summed E-state index contributed by atoms with van der Waals surface area (Å²) in [6.07, 6.45) is 8.69. The monoisotopic (exact) mass is 363 g/mol. The molecule has 0 aromatic rings. The van der Waals surface area contributed by atoms with Crippen LogP contribution >= 0.6 is 24.8 Å². The van der Waals surface area contributed by atoms with Crippen molar-refractivity contribution < 1.29 is 4.79 Å². The molecule has 4 saturated heterocycles. The van der Waals surface area contributed by atoms with Gasteiger partial charge in [-0.1, -0.05) is 6.42 Å². The Kier molecular flexibility index (Phi) is 7.02. The highest BCUT2D eigenvalue weighted by Gasteiger charge is 2.36. The third-order valence-electron chi connectivity index (χ3n) is 6.31. The smallest absolute Gasteiger partial charge is 0.225 e. The predicted molar refractivity (Wildman–Crippen MR) is 97.5 cm³/mol. The van der Waals surface area contributed by atoms with Crippen molar-refractivity contribution in [2.24, 2.45) is 11.8 Å². The van der Waals surface area contributed by atoms with Crippen LogP contribution in [0, 0.1) is 11.8 Å². The maximum Gasteiger partial charge on any atom is 0.225 e. The predicted octanol–water partition coefficient (Wildman–Crippen LogP) is 2.30. The summed E-state index contributed by atoms with van der Waals surface area (Å²) in [7, 11) is 0. The third-order valence-corrected chi connectivity index (χ3v) is 6.31. The van der Waals surface area contributed by atoms with Crippen LogP contribution in [0.5, 0.6) is 0 Å². The fraction of sp³-hybridized carbons (Fsp3) is 0.941. The average molecular weight is 364 g/mol. The Labute approximate surface area is 152 Å². The number of nitrogens with zero attached hydrogens (tertiary/aromatic N) is 2. The molecule has 1 aliphatic carbocycles. The van der Waals surface area contributed by atoms with Gasteiger partial charge in [-0.15, -0.1) is 24.8 Å². The van der Waals surface area contributed by atoms with Gasteiger partial charge < -0.3 is 10.2 Å². The van der Waals surface area contributed by atoms with Crippen molar-refractivity contribution in [1.82, 2.24) is 15.1 Å². The highest BCUT2D eigenvalue weighted by molar-refractivity contribution is 5.85. The van der Waals surface area contributed by atoms with Gasteiger partial charge in [0.1, 0.15) is 0 Å². The molecule has 0 unspecified atom stereocenters. The minimum atomic E-state index is 0. The molecule has 5 rings (SSSR count). The van der Waals surface area contributed by atoms with E-state index in [1.807, 2.05) is 0 Å². The van der Waals surface area contributed by atoms with Crippen molar-refractivity contribution in [3.05, 3.63) is 0 Å². The molecule has 0 aromatic carbocycles. The lowest BCUT2D eigenvalue weighted by Crippen LogP contribution is -2.50. The molecule has 0 aromatic heterocycles. The van der Waals surface area contributed by atoms with Gasteiger partial charge in [-0.3, -0.25) is 9.69 Å². The Bertz CT molecular complexity index is 375. The number of carbonyl (C=O) groups excluding carboxylic acids is 1. The van der Waals surface area contributed by atoms with Gasteiger partial charge in [-0.25, -0.2) is 0 Å². The van der Waals surface area contributed by atoms with E-state index in [0.717, 1.165) is 43.9 Å². The van der Waals surface area contributed by atoms with Crippen molar-refractivity contribution in [3.8, 4) is 0 Å². The molecule has 2 bridgehead atoms. The Morgan fingerprint density at radius 3 is 2.22 bits per heavy atom. The Morgan fingerprint density at radius 2 is 1.65 bits per heavy atom. The molecule has 4 aliphatic heterocycles. The van der Waals surface area contributed by atoms with Crippen LogP contribution in [-0.4, -0.2) is 60.5 Å². The van der Waals surface area contributed by atoms with Gasteiger partial charge in [0, 0.05) is 44.2 Å². The number of piperidine rings is 2.